The first-order chi connectivity index (χ1) is 14.9. The van der Waals surface area contributed by atoms with Crippen molar-refractivity contribution in [2.24, 2.45) is 0 Å². The van der Waals surface area contributed by atoms with Crippen molar-refractivity contribution in [3.63, 3.8) is 0 Å². The van der Waals surface area contributed by atoms with E-state index in [-0.39, 0.29) is 5.41 Å². The molecule has 2 aromatic carbocycles. The number of allylic oxidation sites excluding steroid dienone is 8. The predicted octanol–water partition coefficient (Wildman–Crippen LogP) is 9.25. The van der Waals surface area contributed by atoms with E-state index in [1.165, 1.54) is 39.2 Å². The van der Waals surface area contributed by atoms with Crippen LogP contribution in [0.3, 0.4) is 0 Å². The second-order valence-electron chi connectivity index (χ2n) is 8.53. The van der Waals surface area contributed by atoms with Crippen molar-refractivity contribution >= 4 is 39.8 Å². The van der Waals surface area contributed by atoms with Crippen LogP contribution in [-0.2, 0) is 11.8 Å². The molecule has 0 amide bonds. The normalized spacial score (nSPS) is 15.8. The number of benzene rings is 2. The van der Waals surface area contributed by atoms with Gasteiger partial charge in [-0.2, -0.15) is 0 Å². The Hall–Kier alpha value is -2.07. The first-order valence-electron chi connectivity index (χ1n) is 11.3. The summed E-state index contributed by atoms with van der Waals surface area (Å²) in [5.74, 6) is 0. The number of hydrogen-bond donors (Lipinski definition) is 0. The Morgan fingerprint density at radius 2 is 1.61 bits per heavy atom. The molecule has 0 unspecified atom stereocenters. The Morgan fingerprint density at radius 3 is 2.29 bits per heavy atom. The molecule has 2 aromatic rings. The lowest BCUT2D eigenvalue weighted by Crippen LogP contribution is -2.28. The predicted molar refractivity (Wildman–Crippen MR) is 147 cm³/mol. The second kappa shape index (κ2) is 10.5. The standard InChI is InChI=1S/C29H34IN/c1-6-9-10-11-12-15-22-16-18-27-25(20-22)29(4,5)26-21-24(17-19-28(26)31(27)30)23(13-7-2)14-8-3/h7,9-14,16-21H,6,8,15H2,1-5H3/b10-9-,12-11-,13-7-,23-14+. The highest BCUT2D eigenvalue weighted by Crippen LogP contribution is 2.51. The molecule has 1 nitrogen and oxygen atoms in total. The molecule has 0 atom stereocenters. The van der Waals surface area contributed by atoms with E-state index in [1.807, 2.05) is 0 Å². The summed E-state index contributed by atoms with van der Waals surface area (Å²) in [6.07, 6.45) is 18.4. The zero-order chi connectivity index (χ0) is 22.4. The molecule has 0 bridgehead atoms. The van der Waals surface area contributed by atoms with Crippen LogP contribution in [0.15, 0.2) is 78.9 Å². The Morgan fingerprint density at radius 1 is 0.935 bits per heavy atom. The fraction of sp³-hybridized carbons (Fsp3) is 0.310. The van der Waals surface area contributed by atoms with Gasteiger partial charge in [0, 0.05) is 5.41 Å². The van der Waals surface area contributed by atoms with Gasteiger partial charge in [-0.25, -0.2) is 0 Å². The zero-order valence-electron chi connectivity index (χ0n) is 19.5. The summed E-state index contributed by atoms with van der Waals surface area (Å²) in [6, 6.07) is 13.9. The smallest absolute Gasteiger partial charge is 0.0646 e. The van der Waals surface area contributed by atoms with Gasteiger partial charge in [0.05, 0.1) is 34.2 Å². The van der Waals surface area contributed by atoms with E-state index in [4.69, 9.17) is 0 Å². The fourth-order valence-corrected chi connectivity index (χ4v) is 5.06. The molecule has 2 heteroatoms. The largest absolute Gasteiger partial charge is 0.282 e. The van der Waals surface area contributed by atoms with E-state index in [2.05, 4.69) is 140 Å². The van der Waals surface area contributed by atoms with Crippen LogP contribution >= 0.6 is 22.9 Å². The van der Waals surface area contributed by atoms with Crippen molar-refractivity contribution in [2.45, 2.75) is 59.3 Å². The molecule has 0 N–H and O–H groups in total. The highest BCUT2D eigenvalue weighted by Gasteiger charge is 2.36. The molecule has 1 aliphatic rings. The molecule has 31 heavy (non-hydrogen) atoms. The minimum Gasteiger partial charge on any atom is -0.282 e. The Balaban J connectivity index is 2.03. The summed E-state index contributed by atoms with van der Waals surface area (Å²) in [5, 5.41) is 0. The lowest BCUT2D eigenvalue weighted by molar-refractivity contribution is 0.634. The number of fused-ring (bicyclic) bond motifs is 2. The molecule has 0 spiro atoms. The number of halogens is 1. The number of hydrogen-bond acceptors (Lipinski definition) is 1. The summed E-state index contributed by atoms with van der Waals surface area (Å²) in [5.41, 5.74) is 9.26. The summed E-state index contributed by atoms with van der Waals surface area (Å²) >= 11 is 2.46. The molecule has 1 aliphatic heterocycles. The van der Waals surface area contributed by atoms with Crippen LogP contribution in [0.25, 0.3) is 5.57 Å². The van der Waals surface area contributed by atoms with Crippen molar-refractivity contribution in [2.75, 3.05) is 3.11 Å². The van der Waals surface area contributed by atoms with Gasteiger partial charge >= 0.3 is 0 Å². The van der Waals surface area contributed by atoms with E-state index >= 15 is 0 Å². The maximum Gasteiger partial charge on any atom is 0.0646 e. The highest BCUT2D eigenvalue weighted by atomic mass is 127. The molecule has 0 fully saturated rings. The van der Waals surface area contributed by atoms with Gasteiger partial charge in [-0.3, -0.25) is 3.11 Å². The van der Waals surface area contributed by atoms with E-state index in [0.29, 0.717) is 0 Å². The van der Waals surface area contributed by atoms with E-state index < -0.39 is 0 Å². The maximum atomic E-state index is 2.46. The third-order valence-electron chi connectivity index (χ3n) is 5.90. The molecular weight excluding hydrogens is 489 g/mol. The second-order valence-corrected chi connectivity index (χ2v) is 9.49. The summed E-state index contributed by atoms with van der Waals surface area (Å²) in [7, 11) is 0. The van der Waals surface area contributed by atoms with Crippen LogP contribution in [-0.4, -0.2) is 0 Å². The van der Waals surface area contributed by atoms with Gasteiger partial charge < -0.3 is 0 Å². The first kappa shape index (κ1) is 23.6. The zero-order valence-corrected chi connectivity index (χ0v) is 21.6. The Labute approximate surface area is 202 Å². The van der Waals surface area contributed by atoms with Gasteiger partial charge in [0.15, 0.2) is 0 Å². The van der Waals surface area contributed by atoms with Crippen molar-refractivity contribution < 1.29 is 0 Å². The monoisotopic (exact) mass is 523 g/mol. The average Bonchev–Trinajstić information content (AvgIpc) is 2.77. The molecule has 162 valence electrons. The average molecular weight is 524 g/mol. The lowest BCUT2D eigenvalue weighted by atomic mass is 9.73. The quantitative estimate of drug-likeness (QED) is 0.199. The molecule has 0 saturated carbocycles. The highest BCUT2D eigenvalue weighted by molar-refractivity contribution is 14.1. The number of nitrogens with zero attached hydrogens (tertiary/aromatic N) is 1. The third kappa shape index (κ3) is 5.06. The van der Waals surface area contributed by atoms with Crippen LogP contribution in [0.1, 0.15) is 69.7 Å². The van der Waals surface area contributed by atoms with Gasteiger partial charge in [-0.1, -0.05) is 88.4 Å². The maximum absolute atomic E-state index is 2.46. The third-order valence-corrected chi connectivity index (χ3v) is 6.94. The summed E-state index contributed by atoms with van der Waals surface area (Å²) < 4.78 is 2.32. The van der Waals surface area contributed by atoms with E-state index in [1.54, 1.807) is 0 Å². The van der Waals surface area contributed by atoms with Gasteiger partial charge in [-0.15, -0.1) is 0 Å². The van der Waals surface area contributed by atoms with Crippen molar-refractivity contribution in [3.8, 4) is 0 Å². The number of anilines is 2. The Bertz CT molecular complexity index is 1040. The van der Waals surface area contributed by atoms with Crippen molar-refractivity contribution in [1.82, 2.24) is 0 Å². The minimum atomic E-state index is -0.0581. The van der Waals surface area contributed by atoms with Crippen LogP contribution in [0.4, 0.5) is 11.4 Å². The SMILES string of the molecule is C/C=C\C(=C/CC)c1ccc2c(c1)C(C)(C)c1cc(C/C=C\C=C/CC)ccc1N2I. The van der Waals surface area contributed by atoms with E-state index in [9.17, 15) is 0 Å². The molecule has 0 saturated heterocycles. The summed E-state index contributed by atoms with van der Waals surface area (Å²) in [6.45, 7) is 11.2. The van der Waals surface area contributed by atoms with Crippen LogP contribution < -0.4 is 3.11 Å². The minimum absolute atomic E-state index is 0.0581. The van der Waals surface area contributed by atoms with Gasteiger partial charge in [0.2, 0.25) is 0 Å². The van der Waals surface area contributed by atoms with Crippen LogP contribution in [0.2, 0.25) is 0 Å². The molecule has 0 radical (unpaired) electrons. The first-order valence-corrected chi connectivity index (χ1v) is 12.3. The van der Waals surface area contributed by atoms with Gasteiger partial charge in [-0.05, 0) is 72.2 Å². The van der Waals surface area contributed by atoms with Crippen molar-refractivity contribution in [1.29, 1.82) is 0 Å². The lowest BCUT2D eigenvalue weighted by Gasteiger charge is -2.39. The molecule has 0 aliphatic carbocycles. The van der Waals surface area contributed by atoms with Gasteiger partial charge in [0.1, 0.15) is 0 Å². The van der Waals surface area contributed by atoms with Crippen molar-refractivity contribution in [3.05, 3.63) is 101 Å². The summed E-state index contributed by atoms with van der Waals surface area (Å²) in [4.78, 5) is 0. The molecule has 0 aromatic heterocycles. The van der Waals surface area contributed by atoms with E-state index in [0.717, 1.165) is 19.3 Å². The van der Waals surface area contributed by atoms with Gasteiger partial charge in [0.25, 0.3) is 0 Å². The molecular formula is C29H34IN. The topological polar surface area (TPSA) is 3.24 Å². The number of rotatable bonds is 7. The van der Waals surface area contributed by atoms with Crippen LogP contribution in [0, 0.1) is 0 Å². The fourth-order valence-electron chi connectivity index (χ4n) is 4.22. The molecule has 1 heterocycles. The molecule has 3 rings (SSSR count). The van der Waals surface area contributed by atoms with Crippen LogP contribution in [0.5, 0.6) is 0 Å². The Kier molecular flexibility index (Phi) is 7.99.